The summed E-state index contributed by atoms with van der Waals surface area (Å²) >= 11 is 0. The van der Waals surface area contributed by atoms with Gasteiger partial charge in [0.1, 0.15) is 17.2 Å². The maximum Gasteiger partial charge on any atom is 0.356 e. The Morgan fingerprint density at radius 2 is 2.05 bits per heavy atom. The number of carbonyl (C=O) groups is 1. The van der Waals surface area contributed by atoms with Crippen LogP contribution in [0.1, 0.15) is 16.1 Å². The predicted molar refractivity (Wildman–Crippen MR) is 71.2 cm³/mol. The lowest BCUT2D eigenvalue weighted by Crippen LogP contribution is -2.03. The second-order valence-electron chi connectivity index (χ2n) is 4.01. The maximum absolute atomic E-state index is 11.2. The van der Waals surface area contributed by atoms with E-state index in [2.05, 4.69) is 9.72 Å². The van der Waals surface area contributed by atoms with Crippen molar-refractivity contribution in [2.24, 2.45) is 0 Å². The molecule has 0 saturated carbocycles. The quantitative estimate of drug-likeness (QED) is 0.676. The van der Waals surface area contributed by atoms with Crippen molar-refractivity contribution in [1.29, 1.82) is 0 Å². The number of nitrogen functional groups attached to an aromatic ring is 1. The number of carbonyl (C=O) groups excluding carboxylic acids is 1. The van der Waals surface area contributed by atoms with Crippen molar-refractivity contribution in [2.75, 3.05) is 12.8 Å². The van der Waals surface area contributed by atoms with Gasteiger partial charge in [-0.05, 0) is 36.8 Å². The molecule has 2 rings (SSSR count). The fourth-order valence-corrected chi connectivity index (χ4v) is 1.55. The third kappa shape index (κ3) is 3.01. The normalized spacial score (nSPS) is 10.0. The number of rotatable bonds is 3. The van der Waals surface area contributed by atoms with Gasteiger partial charge in [0.05, 0.1) is 19.0 Å². The van der Waals surface area contributed by atoms with Crippen molar-refractivity contribution in [1.82, 2.24) is 4.98 Å². The average Bonchev–Trinajstić information content (AvgIpc) is 2.42. The van der Waals surface area contributed by atoms with Crippen LogP contribution in [0.15, 0.2) is 36.5 Å². The van der Waals surface area contributed by atoms with E-state index in [1.165, 1.54) is 19.4 Å². The molecule has 0 bridgehead atoms. The van der Waals surface area contributed by atoms with Crippen LogP contribution in [0.25, 0.3) is 0 Å². The number of esters is 1. The molecule has 0 fully saturated rings. The monoisotopic (exact) mass is 258 g/mol. The fourth-order valence-electron chi connectivity index (χ4n) is 1.55. The minimum absolute atomic E-state index is 0.228. The first-order valence-electron chi connectivity index (χ1n) is 5.68. The van der Waals surface area contributed by atoms with E-state index in [0.717, 1.165) is 5.56 Å². The van der Waals surface area contributed by atoms with E-state index in [9.17, 15) is 4.79 Å². The molecule has 0 aliphatic heterocycles. The van der Waals surface area contributed by atoms with Crippen LogP contribution in [-0.2, 0) is 4.74 Å². The zero-order valence-corrected chi connectivity index (χ0v) is 10.7. The van der Waals surface area contributed by atoms with Gasteiger partial charge in [0.2, 0.25) is 0 Å². The highest BCUT2D eigenvalue weighted by Crippen LogP contribution is 2.27. The standard InChI is InChI=1S/C14H14N2O3/c1-9-3-6-13(11(15)7-9)19-10-4-5-12(16-8-10)14(17)18-2/h3-8H,15H2,1-2H3. The number of hydrogen-bond donors (Lipinski definition) is 1. The maximum atomic E-state index is 11.2. The zero-order chi connectivity index (χ0) is 13.8. The molecule has 1 aromatic heterocycles. The molecule has 2 N–H and O–H groups in total. The average molecular weight is 258 g/mol. The third-order valence-corrected chi connectivity index (χ3v) is 2.52. The van der Waals surface area contributed by atoms with E-state index in [1.807, 2.05) is 19.1 Å². The summed E-state index contributed by atoms with van der Waals surface area (Å²) in [6.07, 6.45) is 1.45. The summed E-state index contributed by atoms with van der Waals surface area (Å²) in [6.45, 7) is 1.95. The molecule has 1 heterocycles. The number of benzene rings is 1. The number of nitrogens with two attached hydrogens (primary N) is 1. The van der Waals surface area contributed by atoms with E-state index in [-0.39, 0.29) is 5.69 Å². The molecule has 0 aliphatic carbocycles. The number of hydrogen-bond acceptors (Lipinski definition) is 5. The smallest absolute Gasteiger partial charge is 0.356 e. The lowest BCUT2D eigenvalue weighted by Gasteiger charge is -2.09. The Morgan fingerprint density at radius 3 is 2.63 bits per heavy atom. The summed E-state index contributed by atoms with van der Waals surface area (Å²) in [5, 5.41) is 0. The molecule has 19 heavy (non-hydrogen) atoms. The molecule has 1 aromatic carbocycles. The molecule has 0 spiro atoms. The number of aryl methyl sites for hydroxylation is 1. The van der Waals surface area contributed by atoms with Crippen LogP contribution in [-0.4, -0.2) is 18.1 Å². The molecule has 5 heteroatoms. The molecular formula is C14H14N2O3. The number of ether oxygens (including phenoxy) is 2. The van der Waals surface area contributed by atoms with Gasteiger partial charge in [0.25, 0.3) is 0 Å². The summed E-state index contributed by atoms with van der Waals surface area (Å²) in [5.74, 6) is 0.572. The first-order chi connectivity index (χ1) is 9.10. The second kappa shape index (κ2) is 5.39. The van der Waals surface area contributed by atoms with E-state index < -0.39 is 5.97 Å². The highest BCUT2D eigenvalue weighted by Gasteiger charge is 2.08. The molecule has 98 valence electrons. The fraction of sp³-hybridized carbons (Fsp3) is 0.143. The topological polar surface area (TPSA) is 74.4 Å². The lowest BCUT2D eigenvalue weighted by molar-refractivity contribution is 0.0594. The van der Waals surface area contributed by atoms with Crippen LogP contribution in [0, 0.1) is 6.92 Å². The number of methoxy groups -OCH3 is 1. The number of pyridine rings is 1. The summed E-state index contributed by atoms with van der Waals surface area (Å²) < 4.78 is 10.2. The van der Waals surface area contributed by atoms with Crippen molar-refractivity contribution in [3.63, 3.8) is 0 Å². The van der Waals surface area contributed by atoms with E-state index in [4.69, 9.17) is 10.5 Å². The van der Waals surface area contributed by atoms with Crippen molar-refractivity contribution in [2.45, 2.75) is 6.92 Å². The van der Waals surface area contributed by atoms with Gasteiger partial charge in [-0.1, -0.05) is 6.07 Å². The third-order valence-electron chi connectivity index (χ3n) is 2.52. The molecular weight excluding hydrogens is 244 g/mol. The van der Waals surface area contributed by atoms with E-state index >= 15 is 0 Å². The van der Waals surface area contributed by atoms with E-state index in [0.29, 0.717) is 17.2 Å². The van der Waals surface area contributed by atoms with Crippen LogP contribution in [0.5, 0.6) is 11.5 Å². The van der Waals surface area contributed by atoms with Crippen LogP contribution in [0.2, 0.25) is 0 Å². The SMILES string of the molecule is COC(=O)c1ccc(Oc2ccc(C)cc2N)cn1. The van der Waals surface area contributed by atoms with Gasteiger partial charge < -0.3 is 15.2 Å². The Hall–Kier alpha value is -2.56. The van der Waals surface area contributed by atoms with Crippen LogP contribution >= 0.6 is 0 Å². The summed E-state index contributed by atoms with van der Waals surface area (Å²) in [4.78, 5) is 15.2. The second-order valence-corrected chi connectivity index (χ2v) is 4.01. The Labute approximate surface area is 111 Å². The Bertz CT molecular complexity index is 594. The largest absolute Gasteiger partial charge is 0.464 e. The number of aromatic nitrogens is 1. The van der Waals surface area contributed by atoms with Crippen molar-refractivity contribution in [3.8, 4) is 11.5 Å². The molecule has 0 radical (unpaired) electrons. The van der Waals surface area contributed by atoms with Crippen LogP contribution < -0.4 is 10.5 Å². The molecule has 0 aliphatic rings. The number of anilines is 1. The van der Waals surface area contributed by atoms with Crippen molar-refractivity contribution < 1.29 is 14.3 Å². The van der Waals surface area contributed by atoms with Gasteiger partial charge in [-0.3, -0.25) is 0 Å². The Kier molecular flexibility index (Phi) is 3.66. The highest BCUT2D eigenvalue weighted by molar-refractivity contribution is 5.87. The van der Waals surface area contributed by atoms with Crippen LogP contribution in [0.3, 0.4) is 0 Å². The van der Waals surface area contributed by atoms with E-state index in [1.54, 1.807) is 12.1 Å². The summed E-state index contributed by atoms with van der Waals surface area (Å²) in [6, 6.07) is 8.69. The highest BCUT2D eigenvalue weighted by atomic mass is 16.5. The van der Waals surface area contributed by atoms with Gasteiger partial charge in [0, 0.05) is 0 Å². The van der Waals surface area contributed by atoms with Gasteiger partial charge in [0.15, 0.2) is 0 Å². The summed E-state index contributed by atoms with van der Waals surface area (Å²) in [7, 11) is 1.31. The van der Waals surface area contributed by atoms with Crippen molar-refractivity contribution in [3.05, 3.63) is 47.8 Å². The van der Waals surface area contributed by atoms with Gasteiger partial charge in [-0.15, -0.1) is 0 Å². The predicted octanol–water partition coefficient (Wildman–Crippen LogP) is 2.55. The minimum Gasteiger partial charge on any atom is -0.464 e. The molecule has 0 amide bonds. The summed E-state index contributed by atoms with van der Waals surface area (Å²) in [5.41, 5.74) is 7.69. The molecule has 0 unspecified atom stereocenters. The number of nitrogens with zero attached hydrogens (tertiary/aromatic N) is 1. The lowest BCUT2D eigenvalue weighted by atomic mass is 10.2. The van der Waals surface area contributed by atoms with Crippen LogP contribution in [0.4, 0.5) is 5.69 Å². The minimum atomic E-state index is -0.485. The molecule has 0 saturated heterocycles. The van der Waals surface area contributed by atoms with Gasteiger partial charge >= 0.3 is 5.97 Å². The first-order valence-corrected chi connectivity index (χ1v) is 5.68. The molecule has 5 nitrogen and oxygen atoms in total. The molecule has 2 aromatic rings. The first kappa shape index (κ1) is 12.9. The van der Waals surface area contributed by atoms with Crippen molar-refractivity contribution >= 4 is 11.7 Å². The van der Waals surface area contributed by atoms with Gasteiger partial charge in [-0.25, -0.2) is 9.78 Å². The zero-order valence-electron chi connectivity index (χ0n) is 10.7. The molecule has 0 atom stereocenters. The Balaban J connectivity index is 2.17. The Morgan fingerprint density at radius 1 is 1.26 bits per heavy atom. The van der Waals surface area contributed by atoms with Gasteiger partial charge in [-0.2, -0.15) is 0 Å².